The van der Waals surface area contributed by atoms with Gasteiger partial charge in [0.25, 0.3) is 11.2 Å². The summed E-state index contributed by atoms with van der Waals surface area (Å²) >= 11 is 1.17. The van der Waals surface area contributed by atoms with E-state index >= 15 is 0 Å². The first-order valence-corrected chi connectivity index (χ1v) is 15.3. The van der Waals surface area contributed by atoms with Gasteiger partial charge >= 0.3 is 5.97 Å². The Labute approximate surface area is 263 Å². The number of nitro groups is 1. The summed E-state index contributed by atoms with van der Waals surface area (Å²) in [5.41, 5.74) is 2.31. The summed E-state index contributed by atoms with van der Waals surface area (Å²) in [7, 11) is 1.54. The number of hydrogen-bond donors (Lipinski definition) is 0. The topological polar surface area (TPSA) is 122 Å². The second-order valence-electron chi connectivity index (χ2n) is 10.9. The number of rotatable bonds is 11. The van der Waals surface area contributed by atoms with Gasteiger partial charge in [0.05, 0.1) is 40.5 Å². The largest absolute Gasteiger partial charge is 0.493 e. The van der Waals surface area contributed by atoms with Gasteiger partial charge in [-0.2, -0.15) is 0 Å². The fraction of sp³-hybridized carbons (Fsp3) is 0.265. The first-order chi connectivity index (χ1) is 21.7. The van der Waals surface area contributed by atoms with Crippen LogP contribution in [0.25, 0.3) is 6.08 Å². The lowest BCUT2D eigenvalue weighted by Crippen LogP contribution is -2.39. The monoisotopic (exact) mass is 627 g/mol. The van der Waals surface area contributed by atoms with Gasteiger partial charge in [-0.3, -0.25) is 19.5 Å². The Bertz CT molecular complexity index is 1930. The number of fused-ring (bicyclic) bond motifs is 1. The van der Waals surface area contributed by atoms with Crippen LogP contribution in [0.4, 0.5) is 5.69 Å². The molecule has 0 bridgehead atoms. The van der Waals surface area contributed by atoms with Crippen LogP contribution in [0.2, 0.25) is 0 Å². The van der Waals surface area contributed by atoms with Crippen LogP contribution in [0.5, 0.6) is 11.5 Å². The number of carbonyl (C=O) groups is 1. The fourth-order valence-corrected chi connectivity index (χ4v) is 5.97. The molecule has 0 saturated carbocycles. The third-order valence-corrected chi connectivity index (χ3v) is 8.30. The second-order valence-corrected chi connectivity index (χ2v) is 11.9. The number of non-ortho nitro benzene ring substituents is 1. The maximum atomic E-state index is 14.0. The minimum Gasteiger partial charge on any atom is -0.493 e. The summed E-state index contributed by atoms with van der Waals surface area (Å²) in [4.78, 5) is 43.4. The Morgan fingerprint density at radius 1 is 1.09 bits per heavy atom. The summed E-state index contributed by atoms with van der Waals surface area (Å²) < 4.78 is 19.3. The van der Waals surface area contributed by atoms with Crippen LogP contribution in [0.1, 0.15) is 49.9 Å². The first kappa shape index (κ1) is 31.4. The highest BCUT2D eigenvalue weighted by atomic mass is 32.1. The summed E-state index contributed by atoms with van der Waals surface area (Å²) in [5, 5.41) is 11.1. The molecule has 1 aliphatic rings. The molecule has 0 fully saturated rings. The molecule has 0 amide bonds. The molecule has 45 heavy (non-hydrogen) atoms. The SMILES string of the molecule is COc1cc(C2C(C(=O)OCc3ccccc3)=C(C)N=c3s/c(=C\c4ccc([N+](=O)[O-])cc4)c(=O)n32)ccc1OCCC(C)C. The zero-order chi connectivity index (χ0) is 32.1. The van der Waals surface area contributed by atoms with Gasteiger partial charge in [-0.25, -0.2) is 9.79 Å². The summed E-state index contributed by atoms with van der Waals surface area (Å²) in [6, 6.07) is 19.8. The average molecular weight is 628 g/mol. The van der Waals surface area contributed by atoms with Crippen LogP contribution in [-0.4, -0.2) is 29.2 Å². The van der Waals surface area contributed by atoms with Crippen LogP contribution in [0, 0.1) is 16.0 Å². The molecule has 0 spiro atoms. The lowest BCUT2D eigenvalue weighted by Gasteiger charge is -2.25. The number of hydrogen-bond acceptors (Lipinski definition) is 9. The van der Waals surface area contributed by atoms with E-state index in [0.717, 1.165) is 12.0 Å². The van der Waals surface area contributed by atoms with Gasteiger partial charge in [-0.15, -0.1) is 0 Å². The van der Waals surface area contributed by atoms with E-state index in [0.29, 0.717) is 50.2 Å². The van der Waals surface area contributed by atoms with Crippen molar-refractivity contribution in [3.8, 4) is 11.5 Å². The molecule has 10 nitrogen and oxygen atoms in total. The van der Waals surface area contributed by atoms with Crippen LogP contribution in [-0.2, 0) is 16.1 Å². The van der Waals surface area contributed by atoms with E-state index in [2.05, 4.69) is 18.8 Å². The van der Waals surface area contributed by atoms with Gasteiger partial charge in [-0.1, -0.05) is 61.6 Å². The van der Waals surface area contributed by atoms with E-state index in [4.69, 9.17) is 14.2 Å². The molecule has 4 aromatic rings. The van der Waals surface area contributed by atoms with E-state index in [1.54, 1.807) is 44.4 Å². The number of thiazole rings is 1. The summed E-state index contributed by atoms with van der Waals surface area (Å²) in [5.74, 6) is 0.906. The number of esters is 1. The Morgan fingerprint density at radius 3 is 2.49 bits per heavy atom. The van der Waals surface area contributed by atoms with Crippen LogP contribution >= 0.6 is 11.3 Å². The van der Waals surface area contributed by atoms with E-state index in [-0.39, 0.29) is 23.4 Å². The molecular formula is C34H33N3O7S. The van der Waals surface area contributed by atoms with Crippen LogP contribution < -0.4 is 24.4 Å². The number of carbonyl (C=O) groups excluding carboxylic acids is 1. The Balaban J connectivity index is 1.59. The number of aromatic nitrogens is 1. The smallest absolute Gasteiger partial charge is 0.338 e. The Hall–Kier alpha value is -5.03. The zero-order valence-electron chi connectivity index (χ0n) is 25.4. The fourth-order valence-electron chi connectivity index (χ4n) is 4.92. The van der Waals surface area contributed by atoms with Gasteiger partial charge < -0.3 is 14.2 Å². The van der Waals surface area contributed by atoms with Crippen molar-refractivity contribution in [3.63, 3.8) is 0 Å². The molecule has 0 radical (unpaired) electrons. The molecule has 1 aliphatic heterocycles. The average Bonchev–Trinajstić information content (AvgIpc) is 3.33. The summed E-state index contributed by atoms with van der Waals surface area (Å²) in [6.07, 6.45) is 2.53. The van der Waals surface area contributed by atoms with Gasteiger partial charge in [0.1, 0.15) is 6.61 Å². The number of allylic oxidation sites excluding steroid dienone is 1. The summed E-state index contributed by atoms with van der Waals surface area (Å²) in [6.45, 7) is 6.53. The number of methoxy groups -OCH3 is 1. The van der Waals surface area contributed by atoms with Crippen molar-refractivity contribution < 1.29 is 23.9 Å². The van der Waals surface area contributed by atoms with Crippen molar-refractivity contribution in [3.05, 3.63) is 131 Å². The number of ether oxygens (including phenoxy) is 3. The molecule has 2 heterocycles. The normalized spacial score (nSPS) is 14.6. The minimum atomic E-state index is -0.859. The highest BCUT2D eigenvalue weighted by Crippen LogP contribution is 2.36. The molecule has 0 N–H and O–H groups in total. The van der Waals surface area contributed by atoms with Crippen molar-refractivity contribution in [1.82, 2.24) is 4.57 Å². The lowest BCUT2D eigenvalue weighted by atomic mass is 9.95. The molecule has 232 valence electrons. The molecular weight excluding hydrogens is 594 g/mol. The van der Waals surface area contributed by atoms with Gasteiger partial charge in [0, 0.05) is 12.1 Å². The standard InChI is InChI=1S/C34H33N3O7S/c1-21(2)16-17-43-27-15-12-25(19-28(27)42-4)31-30(33(39)44-20-24-8-6-5-7-9-24)22(3)35-34-36(31)32(38)29(45-34)18-23-10-13-26(14-11-23)37(40)41/h5-15,18-19,21,31H,16-17,20H2,1-4H3/b29-18-. The number of nitro benzene ring substituents is 1. The van der Waals surface area contributed by atoms with E-state index in [9.17, 15) is 19.7 Å². The van der Waals surface area contributed by atoms with Gasteiger partial charge in [0.15, 0.2) is 16.3 Å². The molecule has 0 saturated heterocycles. The molecule has 11 heteroatoms. The molecule has 5 rings (SSSR count). The number of benzene rings is 3. The minimum absolute atomic E-state index is 0.0477. The van der Waals surface area contributed by atoms with Gasteiger partial charge in [-0.05, 0) is 66.3 Å². The Morgan fingerprint density at radius 2 is 1.82 bits per heavy atom. The van der Waals surface area contributed by atoms with Crippen molar-refractivity contribution in [2.75, 3.05) is 13.7 Å². The van der Waals surface area contributed by atoms with E-state index < -0.39 is 16.9 Å². The van der Waals surface area contributed by atoms with Crippen LogP contribution in [0.3, 0.4) is 0 Å². The number of nitrogens with zero attached hydrogens (tertiary/aromatic N) is 3. The van der Waals surface area contributed by atoms with Crippen molar-refractivity contribution >= 4 is 29.1 Å². The molecule has 1 aromatic heterocycles. The highest BCUT2D eigenvalue weighted by Gasteiger charge is 2.34. The molecule has 1 unspecified atom stereocenters. The van der Waals surface area contributed by atoms with Crippen molar-refractivity contribution in [2.24, 2.45) is 10.9 Å². The zero-order valence-corrected chi connectivity index (χ0v) is 26.2. The lowest BCUT2D eigenvalue weighted by molar-refractivity contribution is -0.384. The van der Waals surface area contributed by atoms with E-state index in [1.807, 2.05) is 36.4 Å². The van der Waals surface area contributed by atoms with Crippen molar-refractivity contribution in [2.45, 2.75) is 39.8 Å². The maximum absolute atomic E-state index is 14.0. The quantitative estimate of drug-likeness (QED) is 0.125. The third-order valence-electron chi connectivity index (χ3n) is 7.31. The Kier molecular flexibility index (Phi) is 9.58. The molecule has 0 aliphatic carbocycles. The predicted octanol–water partition coefficient (Wildman–Crippen LogP) is 5.32. The second kappa shape index (κ2) is 13.7. The molecule has 3 aromatic carbocycles. The highest BCUT2D eigenvalue weighted by molar-refractivity contribution is 7.07. The predicted molar refractivity (Wildman–Crippen MR) is 171 cm³/mol. The third kappa shape index (κ3) is 7.04. The van der Waals surface area contributed by atoms with Gasteiger partial charge in [0.2, 0.25) is 0 Å². The van der Waals surface area contributed by atoms with Crippen LogP contribution in [0.15, 0.2) is 93.9 Å². The molecule has 1 atom stereocenters. The first-order valence-electron chi connectivity index (χ1n) is 14.4. The maximum Gasteiger partial charge on any atom is 0.338 e. The van der Waals surface area contributed by atoms with E-state index in [1.165, 1.54) is 28.0 Å². The van der Waals surface area contributed by atoms with Crippen molar-refractivity contribution in [1.29, 1.82) is 0 Å².